The van der Waals surface area contributed by atoms with Crippen molar-refractivity contribution in [3.8, 4) is 0 Å². The molecule has 9 heteroatoms. The van der Waals surface area contributed by atoms with Gasteiger partial charge in [-0.15, -0.1) is 0 Å². The average molecular weight is 362 g/mol. The molecular weight excluding hydrogens is 348 g/mol. The Morgan fingerprint density at radius 3 is 2.12 bits per heavy atom. The number of carboxylic acids is 1. The Morgan fingerprint density at radius 2 is 1.64 bits per heavy atom. The molecule has 8 nitrogen and oxygen atoms in total. The molecule has 25 heavy (non-hydrogen) atoms. The van der Waals surface area contributed by atoms with Crippen molar-refractivity contribution in [2.75, 3.05) is 0 Å². The quantitative estimate of drug-likeness (QED) is 0.577. The number of nitrogens with zero attached hydrogens (tertiary/aromatic N) is 2. The standard InChI is InChI=1S/C16H14N2O6S/c1-16(2)10(15(22)23)18-13(21)9(14(18)25(16)24)17-11(19)7-5-3-4-6-8(7)12(17)20/h3-6,9-10,14H,1-2H3,(H,22,23)/t9?,10?,14-,25?/m0/s1. The van der Waals surface area contributed by atoms with Crippen LogP contribution in [0.2, 0.25) is 0 Å². The summed E-state index contributed by atoms with van der Waals surface area (Å²) in [5.41, 5.74) is 0.383. The molecule has 0 aromatic heterocycles. The van der Waals surface area contributed by atoms with Crippen molar-refractivity contribution < 1.29 is 28.5 Å². The van der Waals surface area contributed by atoms with Crippen LogP contribution < -0.4 is 0 Å². The molecule has 0 radical (unpaired) electrons. The Bertz CT molecular complexity index is 859. The number of aliphatic carboxylic acids is 1. The normalized spacial score (nSPS) is 32.5. The molecule has 3 aliphatic rings. The number of carboxylic acid groups (broad SMARTS) is 1. The van der Waals surface area contributed by atoms with Crippen molar-refractivity contribution in [1.82, 2.24) is 9.80 Å². The highest BCUT2D eigenvalue weighted by molar-refractivity contribution is 7.87. The van der Waals surface area contributed by atoms with Gasteiger partial charge in [0.1, 0.15) is 11.4 Å². The van der Waals surface area contributed by atoms with Gasteiger partial charge < -0.3 is 10.0 Å². The first kappa shape index (κ1) is 15.9. The SMILES string of the molecule is CC1(C)C(C(=O)O)N2C(=O)C(N3C(=O)c4ccccc4C3=O)[C@@H]2S1=O. The van der Waals surface area contributed by atoms with Gasteiger partial charge in [0.15, 0.2) is 6.04 Å². The number of carbonyl (C=O) groups excluding carboxylic acids is 3. The van der Waals surface area contributed by atoms with Crippen LogP contribution >= 0.6 is 0 Å². The zero-order chi connectivity index (χ0) is 18.3. The van der Waals surface area contributed by atoms with E-state index in [2.05, 4.69) is 0 Å². The van der Waals surface area contributed by atoms with E-state index in [0.29, 0.717) is 0 Å². The van der Waals surface area contributed by atoms with Crippen molar-refractivity contribution in [3.05, 3.63) is 35.4 Å². The fraction of sp³-hybridized carbons (Fsp3) is 0.375. The van der Waals surface area contributed by atoms with Crippen LogP contribution in [0.25, 0.3) is 0 Å². The number of carbonyl (C=O) groups is 4. The monoisotopic (exact) mass is 362 g/mol. The van der Waals surface area contributed by atoms with Gasteiger partial charge >= 0.3 is 5.97 Å². The summed E-state index contributed by atoms with van der Waals surface area (Å²) in [7, 11) is -1.74. The van der Waals surface area contributed by atoms with E-state index in [1.165, 1.54) is 26.0 Å². The van der Waals surface area contributed by atoms with E-state index in [-0.39, 0.29) is 11.1 Å². The molecule has 0 spiro atoms. The van der Waals surface area contributed by atoms with Gasteiger partial charge in [-0.3, -0.25) is 23.5 Å². The Balaban J connectivity index is 1.75. The van der Waals surface area contributed by atoms with Crippen LogP contribution in [0, 0.1) is 0 Å². The van der Waals surface area contributed by atoms with Gasteiger partial charge in [0, 0.05) is 0 Å². The van der Waals surface area contributed by atoms with Gasteiger partial charge in [0.05, 0.1) is 26.7 Å². The van der Waals surface area contributed by atoms with Crippen LogP contribution in [-0.4, -0.2) is 65.0 Å². The molecule has 3 amide bonds. The number of imide groups is 1. The smallest absolute Gasteiger partial charge is 0.328 e. The maximum absolute atomic E-state index is 12.8. The van der Waals surface area contributed by atoms with Crippen LogP contribution in [0.3, 0.4) is 0 Å². The second-order valence-corrected chi connectivity index (χ2v) is 8.88. The second kappa shape index (κ2) is 4.75. The van der Waals surface area contributed by atoms with Gasteiger partial charge in [0.25, 0.3) is 17.7 Å². The Kier molecular flexibility index (Phi) is 3.03. The van der Waals surface area contributed by atoms with Gasteiger partial charge in [-0.1, -0.05) is 12.1 Å². The Labute approximate surface area is 144 Å². The third-order valence-corrected chi connectivity index (χ3v) is 7.25. The number of hydrogen-bond acceptors (Lipinski definition) is 5. The van der Waals surface area contributed by atoms with Crippen LogP contribution in [0.1, 0.15) is 34.6 Å². The lowest BCUT2D eigenvalue weighted by Gasteiger charge is -2.45. The van der Waals surface area contributed by atoms with Crippen LogP contribution in [0.4, 0.5) is 0 Å². The molecule has 4 atom stereocenters. The highest BCUT2D eigenvalue weighted by Crippen LogP contribution is 2.46. The molecule has 1 aromatic rings. The summed E-state index contributed by atoms with van der Waals surface area (Å²) in [6.07, 6.45) is 0. The van der Waals surface area contributed by atoms with E-state index in [9.17, 15) is 28.5 Å². The summed E-state index contributed by atoms with van der Waals surface area (Å²) < 4.78 is 11.6. The lowest BCUT2D eigenvalue weighted by molar-refractivity contribution is -0.162. The Morgan fingerprint density at radius 1 is 1.12 bits per heavy atom. The summed E-state index contributed by atoms with van der Waals surface area (Å²) >= 11 is 0. The lowest BCUT2D eigenvalue weighted by Crippen LogP contribution is -2.72. The van der Waals surface area contributed by atoms with Crippen molar-refractivity contribution in [3.63, 3.8) is 0 Å². The van der Waals surface area contributed by atoms with E-state index in [0.717, 1.165) is 9.80 Å². The van der Waals surface area contributed by atoms with E-state index in [4.69, 9.17) is 0 Å². The highest BCUT2D eigenvalue weighted by Gasteiger charge is 2.70. The van der Waals surface area contributed by atoms with E-state index in [1.54, 1.807) is 12.1 Å². The van der Waals surface area contributed by atoms with Crippen LogP contribution in [0.5, 0.6) is 0 Å². The molecular formula is C16H14N2O6S. The topological polar surface area (TPSA) is 112 Å². The van der Waals surface area contributed by atoms with E-state index >= 15 is 0 Å². The molecule has 2 fully saturated rings. The number of rotatable bonds is 2. The van der Waals surface area contributed by atoms with Crippen LogP contribution in [0.15, 0.2) is 24.3 Å². The third kappa shape index (κ3) is 1.73. The largest absolute Gasteiger partial charge is 0.480 e. The molecule has 1 N–H and O–H groups in total. The second-order valence-electron chi connectivity index (χ2n) is 6.75. The fourth-order valence-electron chi connectivity index (χ4n) is 3.84. The molecule has 3 unspecified atom stereocenters. The summed E-state index contributed by atoms with van der Waals surface area (Å²) in [6.45, 7) is 3.01. The first-order valence-corrected chi connectivity index (χ1v) is 8.83. The number of amides is 3. The maximum Gasteiger partial charge on any atom is 0.328 e. The highest BCUT2D eigenvalue weighted by atomic mass is 32.2. The number of hydrogen-bond donors (Lipinski definition) is 1. The average Bonchev–Trinajstić information content (AvgIpc) is 2.91. The Hall–Kier alpha value is -2.55. The van der Waals surface area contributed by atoms with Gasteiger partial charge in [0.2, 0.25) is 0 Å². The maximum atomic E-state index is 12.8. The van der Waals surface area contributed by atoms with Crippen molar-refractivity contribution >= 4 is 34.5 Å². The summed E-state index contributed by atoms with van der Waals surface area (Å²) in [4.78, 5) is 51.2. The molecule has 0 saturated carbocycles. The number of β-lactam (4-membered cyclic amide) rings is 1. The molecule has 3 heterocycles. The zero-order valence-corrected chi connectivity index (χ0v) is 14.1. The predicted octanol–water partition coefficient (Wildman–Crippen LogP) is -0.186. The number of benzene rings is 1. The molecule has 0 bridgehead atoms. The van der Waals surface area contributed by atoms with Crippen molar-refractivity contribution in [1.29, 1.82) is 0 Å². The third-order valence-electron chi connectivity index (χ3n) is 5.06. The van der Waals surface area contributed by atoms with Crippen LogP contribution in [-0.2, 0) is 20.4 Å². The fourth-order valence-corrected chi connectivity index (χ4v) is 5.80. The molecule has 3 aliphatic heterocycles. The summed E-state index contributed by atoms with van der Waals surface area (Å²) in [6, 6.07) is 3.73. The van der Waals surface area contributed by atoms with E-state index < -0.39 is 56.7 Å². The van der Waals surface area contributed by atoms with E-state index in [1.807, 2.05) is 0 Å². The predicted molar refractivity (Wildman–Crippen MR) is 85.0 cm³/mol. The summed E-state index contributed by atoms with van der Waals surface area (Å²) in [5, 5.41) is 8.43. The molecule has 4 rings (SSSR count). The van der Waals surface area contributed by atoms with Gasteiger partial charge in [-0.2, -0.15) is 0 Å². The minimum atomic E-state index is -1.74. The summed E-state index contributed by atoms with van der Waals surface area (Å²) in [5.74, 6) is -3.15. The molecule has 130 valence electrons. The number of fused-ring (bicyclic) bond motifs is 2. The molecule has 1 aromatic carbocycles. The minimum Gasteiger partial charge on any atom is -0.480 e. The molecule has 2 saturated heterocycles. The molecule has 0 aliphatic carbocycles. The first-order valence-electron chi connectivity index (χ1n) is 7.62. The lowest BCUT2D eigenvalue weighted by atomic mass is 9.95. The van der Waals surface area contributed by atoms with Crippen molar-refractivity contribution in [2.24, 2.45) is 0 Å². The van der Waals surface area contributed by atoms with Crippen molar-refractivity contribution in [2.45, 2.75) is 36.1 Å². The van der Waals surface area contributed by atoms with Gasteiger partial charge in [-0.25, -0.2) is 4.79 Å². The zero-order valence-electron chi connectivity index (χ0n) is 13.3. The first-order chi connectivity index (χ1) is 11.7. The van der Waals surface area contributed by atoms with Gasteiger partial charge in [-0.05, 0) is 26.0 Å². The minimum absolute atomic E-state index is 0.191.